The molecule has 0 radical (unpaired) electrons. The molecule has 22 aromatic carbocycles. The fraction of sp³-hybridized carbons (Fsp3) is 0.0164. The number of hydrogen-bond donors (Lipinski definition) is 0. The van der Waals surface area contributed by atoms with Gasteiger partial charge < -0.3 is 18.9 Å². The largest absolute Gasteiger partial charge is 0.416 e. The molecule has 0 saturated carbocycles. The van der Waals surface area contributed by atoms with Crippen LogP contribution in [-0.2, 0) is 6.18 Å². The summed E-state index contributed by atoms with van der Waals surface area (Å²) in [6.07, 6.45) is -4.41. The van der Waals surface area contributed by atoms with E-state index in [9.17, 15) is 13.2 Å². The number of aromatic nitrogens is 2. The molecule has 4 nitrogen and oxygen atoms in total. The SMILES string of the molecule is Cc1ccc(-c2c3ccccc3c(-c3ccc(N(c4ccc(-c5ccc6ccccc6c5)cc4)c4ccc5c(c4)c4ccccc4n5-c4ccccc4)cc3)c3ccccc23)cc1.FC(F)(F)c1ccc(-c2c3ccccc3c(-c3ccc(N(c4ccc(-c5ccc6ccccc6c5)cc4)c4ccc5c(c4)c4ccccc4n5-c4ccccc4)cc3)c3ccccc23)cc1. The van der Waals surface area contributed by atoms with Crippen LogP contribution < -0.4 is 9.80 Å². The second-order valence-electron chi connectivity index (χ2n) is 33.4. The van der Waals surface area contributed by atoms with Crippen molar-refractivity contribution in [3.05, 3.63) is 484 Å². The lowest BCUT2D eigenvalue weighted by atomic mass is 9.86. The van der Waals surface area contributed by atoms with E-state index >= 15 is 0 Å². The van der Waals surface area contributed by atoms with E-state index in [-0.39, 0.29) is 0 Å². The highest BCUT2D eigenvalue weighted by atomic mass is 19.4. The third-order valence-corrected chi connectivity index (χ3v) is 25.8. The Morgan fingerprint density at radius 3 is 0.760 bits per heavy atom. The van der Waals surface area contributed by atoms with Gasteiger partial charge in [-0.2, -0.15) is 13.2 Å². The van der Waals surface area contributed by atoms with Crippen LogP contribution in [0, 0.1) is 6.92 Å². The van der Waals surface area contributed by atoms with Crippen LogP contribution in [0.2, 0.25) is 0 Å². The molecule has 0 unspecified atom stereocenters. The lowest BCUT2D eigenvalue weighted by Gasteiger charge is -2.26. The van der Waals surface area contributed by atoms with E-state index in [1.807, 2.05) is 30.3 Å². The number of anilines is 6. The Bertz CT molecular complexity index is 8320. The normalized spacial score (nSPS) is 11.7. The van der Waals surface area contributed by atoms with Gasteiger partial charge in [-0.3, -0.25) is 0 Å². The third-order valence-electron chi connectivity index (χ3n) is 25.8. The molecule has 0 bridgehead atoms. The zero-order valence-corrected chi connectivity index (χ0v) is 70.5. The van der Waals surface area contributed by atoms with E-state index in [1.54, 1.807) is 12.1 Å². The molecule has 0 spiro atoms. The zero-order chi connectivity index (χ0) is 86.2. The fourth-order valence-electron chi connectivity index (χ4n) is 19.7. The topological polar surface area (TPSA) is 16.3 Å². The van der Waals surface area contributed by atoms with Crippen molar-refractivity contribution in [2.75, 3.05) is 9.80 Å². The van der Waals surface area contributed by atoms with Crippen molar-refractivity contribution in [1.82, 2.24) is 9.13 Å². The van der Waals surface area contributed by atoms with Crippen molar-refractivity contribution in [3.8, 4) is 78.1 Å². The Morgan fingerprint density at radius 2 is 0.434 bits per heavy atom. The minimum absolute atomic E-state index is 0.662. The summed E-state index contributed by atoms with van der Waals surface area (Å²) in [6.45, 7) is 2.15. The average molecular weight is 1660 g/mol. The summed E-state index contributed by atoms with van der Waals surface area (Å²) in [5.74, 6) is 0. The molecule has 7 heteroatoms. The van der Waals surface area contributed by atoms with E-state index in [0.717, 1.165) is 117 Å². The van der Waals surface area contributed by atoms with Gasteiger partial charge in [0, 0.05) is 67.0 Å². The summed E-state index contributed by atoms with van der Waals surface area (Å²) in [4.78, 5) is 4.73. The van der Waals surface area contributed by atoms with Crippen LogP contribution in [0.4, 0.5) is 47.3 Å². The summed E-state index contributed by atoms with van der Waals surface area (Å²) in [5.41, 5.74) is 27.3. The number of hydrogen-bond acceptors (Lipinski definition) is 2. The van der Waals surface area contributed by atoms with Gasteiger partial charge in [0.15, 0.2) is 0 Å². The molecule has 2 aromatic heterocycles. The maximum absolute atomic E-state index is 13.6. The average Bonchev–Trinajstić information content (AvgIpc) is 1.73. The van der Waals surface area contributed by atoms with Crippen LogP contribution in [0.3, 0.4) is 0 Å². The second kappa shape index (κ2) is 32.2. The standard InChI is InChI=1S/C61H39F3N2.C61H42N2/c62-61(63,64)46-30-24-42(25-31-46)59-52-17-6-8-19-54(52)60(55-20-9-7-18-53(55)59)43-28-34-49(35-29-43)65(48-32-26-41(27-33-48)45-23-22-40-12-4-5-13-44(40)38-45)50-36-37-58-56(39-50)51-16-10-11-21-57(51)66(58)47-14-2-1-3-15-47;1-41-23-25-44(26-24-41)60-53-18-7-9-20-55(53)61(56-21-10-8-19-54(56)60)45-31-35-50(36-32-45)62(49-33-29-43(30-34-49)47-28-27-42-13-5-6-14-46(42)39-47)51-37-38-59-57(40-51)52-17-11-12-22-58(52)63(59)48-15-3-2-4-16-48/h1-39H;2-40H,1H3. The number of aryl methyl sites for hydroxylation is 1. The van der Waals surface area contributed by atoms with Gasteiger partial charge in [0.25, 0.3) is 0 Å². The first-order valence-electron chi connectivity index (χ1n) is 43.8. The minimum Gasteiger partial charge on any atom is -0.310 e. The predicted molar refractivity (Wildman–Crippen MR) is 538 cm³/mol. The van der Waals surface area contributed by atoms with Gasteiger partial charge in [0.2, 0.25) is 0 Å². The van der Waals surface area contributed by atoms with Crippen molar-refractivity contribution in [3.63, 3.8) is 0 Å². The number of nitrogens with zero attached hydrogens (tertiary/aromatic N) is 4. The van der Waals surface area contributed by atoms with Gasteiger partial charge in [-0.25, -0.2) is 0 Å². The number of fused-ring (bicyclic) bond motifs is 12. The van der Waals surface area contributed by atoms with E-state index in [2.05, 4.69) is 444 Å². The number of alkyl halides is 3. The molecular formula is C122H81F3N4. The van der Waals surface area contributed by atoms with Crippen LogP contribution in [0.25, 0.3) is 186 Å². The van der Waals surface area contributed by atoms with Crippen molar-refractivity contribution in [1.29, 1.82) is 0 Å². The maximum Gasteiger partial charge on any atom is 0.416 e. The molecule has 0 saturated heterocycles. The maximum atomic E-state index is 13.6. The third kappa shape index (κ3) is 13.9. The molecule has 24 rings (SSSR count). The molecule has 24 aromatic rings. The van der Waals surface area contributed by atoms with Gasteiger partial charge in [0.05, 0.1) is 27.6 Å². The predicted octanol–water partition coefficient (Wildman–Crippen LogP) is 34.8. The van der Waals surface area contributed by atoms with Crippen LogP contribution in [0.1, 0.15) is 11.1 Å². The first-order valence-corrected chi connectivity index (χ1v) is 43.8. The Balaban J connectivity index is 0.000000147. The summed E-state index contributed by atoms with van der Waals surface area (Å²) in [7, 11) is 0. The zero-order valence-electron chi connectivity index (χ0n) is 70.5. The number of para-hydroxylation sites is 4. The van der Waals surface area contributed by atoms with Gasteiger partial charge in [-0.05, 0) is 284 Å². The minimum atomic E-state index is -4.41. The molecule has 0 amide bonds. The van der Waals surface area contributed by atoms with Crippen LogP contribution in [0.5, 0.6) is 0 Å². The van der Waals surface area contributed by atoms with Crippen molar-refractivity contribution < 1.29 is 13.2 Å². The first kappa shape index (κ1) is 77.2. The molecule has 0 aliphatic rings. The molecule has 0 fully saturated rings. The molecule has 129 heavy (non-hydrogen) atoms. The quantitative estimate of drug-likeness (QED) is 0.101. The number of halogens is 3. The Labute approximate surface area is 745 Å². The highest BCUT2D eigenvalue weighted by Crippen LogP contribution is 2.50. The molecule has 0 aliphatic heterocycles. The molecule has 610 valence electrons. The lowest BCUT2D eigenvalue weighted by molar-refractivity contribution is -0.137. The van der Waals surface area contributed by atoms with E-state index in [4.69, 9.17) is 0 Å². The Morgan fingerprint density at radius 1 is 0.186 bits per heavy atom. The molecule has 2 heterocycles. The summed E-state index contributed by atoms with van der Waals surface area (Å²) in [5, 5.41) is 18.7. The van der Waals surface area contributed by atoms with Gasteiger partial charge >= 0.3 is 6.18 Å². The van der Waals surface area contributed by atoms with Crippen molar-refractivity contribution in [2.24, 2.45) is 0 Å². The smallest absolute Gasteiger partial charge is 0.310 e. The molecular weight excluding hydrogens is 1580 g/mol. The van der Waals surface area contributed by atoms with Crippen LogP contribution >= 0.6 is 0 Å². The summed E-state index contributed by atoms with van der Waals surface area (Å²) >= 11 is 0. The lowest BCUT2D eigenvalue weighted by Crippen LogP contribution is -2.10. The molecule has 0 aliphatic carbocycles. The monoisotopic (exact) mass is 1660 g/mol. The van der Waals surface area contributed by atoms with E-state index < -0.39 is 11.7 Å². The second-order valence-corrected chi connectivity index (χ2v) is 33.4. The molecule has 0 atom stereocenters. The van der Waals surface area contributed by atoms with E-state index in [1.165, 1.54) is 121 Å². The van der Waals surface area contributed by atoms with Crippen LogP contribution in [-0.4, -0.2) is 9.13 Å². The Kier molecular flexibility index (Phi) is 19.3. The summed E-state index contributed by atoms with van der Waals surface area (Å²) < 4.78 is 45.6. The van der Waals surface area contributed by atoms with Crippen molar-refractivity contribution in [2.45, 2.75) is 13.1 Å². The Hall–Kier alpha value is -16.6. The summed E-state index contributed by atoms with van der Waals surface area (Å²) in [6, 6.07) is 167. The van der Waals surface area contributed by atoms with Crippen LogP contribution in [0.15, 0.2) is 473 Å². The highest BCUT2D eigenvalue weighted by molar-refractivity contribution is 6.23. The highest BCUT2D eigenvalue weighted by Gasteiger charge is 2.31. The molecule has 0 N–H and O–H groups in total. The van der Waals surface area contributed by atoms with Gasteiger partial charge in [-0.1, -0.05) is 333 Å². The fourth-order valence-corrected chi connectivity index (χ4v) is 19.7. The number of rotatable bonds is 14. The van der Waals surface area contributed by atoms with Gasteiger partial charge in [0.1, 0.15) is 0 Å². The number of benzene rings is 22. The van der Waals surface area contributed by atoms with Crippen molar-refractivity contribution >= 4 is 142 Å². The first-order chi connectivity index (χ1) is 63.5. The van der Waals surface area contributed by atoms with Gasteiger partial charge in [-0.15, -0.1) is 0 Å². The van der Waals surface area contributed by atoms with E-state index in [0.29, 0.717) is 0 Å².